The van der Waals surface area contributed by atoms with Crippen molar-refractivity contribution >= 4 is 5.97 Å². The van der Waals surface area contributed by atoms with Crippen molar-refractivity contribution in [1.82, 2.24) is 9.97 Å². The van der Waals surface area contributed by atoms with Gasteiger partial charge in [0.25, 0.3) is 0 Å². The van der Waals surface area contributed by atoms with Gasteiger partial charge in [0, 0.05) is 13.1 Å². The Labute approximate surface area is 70.6 Å². The van der Waals surface area contributed by atoms with Gasteiger partial charge >= 0.3 is 5.97 Å². The normalized spacial score (nSPS) is 12.2. The number of esters is 1. The van der Waals surface area contributed by atoms with Gasteiger partial charge in [-0.2, -0.15) is 0 Å². The summed E-state index contributed by atoms with van der Waals surface area (Å²) in [7, 11) is 0. The minimum absolute atomic E-state index is 0.300. The highest BCUT2D eigenvalue weighted by molar-refractivity contribution is 5.66. The first-order chi connectivity index (χ1) is 5.70. The van der Waals surface area contributed by atoms with Gasteiger partial charge in [-0.1, -0.05) is 0 Å². The van der Waals surface area contributed by atoms with Crippen LogP contribution >= 0.6 is 0 Å². The van der Waals surface area contributed by atoms with E-state index in [1.807, 2.05) is 0 Å². The smallest absolute Gasteiger partial charge is 0.303 e. The van der Waals surface area contributed by atoms with Crippen LogP contribution < -0.4 is 0 Å². The molecule has 1 aromatic heterocycles. The lowest BCUT2D eigenvalue weighted by atomic mass is 10.3. The average molecular weight is 166 g/mol. The molecule has 0 amide bonds. The maximum Gasteiger partial charge on any atom is 0.303 e. The van der Waals surface area contributed by atoms with Crippen LogP contribution in [-0.2, 0) is 9.53 Å². The third-order valence-electron chi connectivity index (χ3n) is 1.36. The van der Waals surface area contributed by atoms with Crippen LogP contribution in [-0.4, -0.2) is 15.9 Å². The molecule has 1 unspecified atom stereocenters. The number of aromatic nitrogens is 2. The number of hydrogen-bond donors (Lipinski definition) is 0. The summed E-state index contributed by atoms with van der Waals surface area (Å²) in [5.74, 6) is -0.305. The molecular weight excluding hydrogens is 156 g/mol. The number of rotatable bonds is 2. The van der Waals surface area contributed by atoms with Crippen molar-refractivity contribution < 1.29 is 9.53 Å². The lowest BCUT2D eigenvalue weighted by Crippen LogP contribution is -2.06. The summed E-state index contributed by atoms with van der Waals surface area (Å²) < 4.78 is 4.91. The van der Waals surface area contributed by atoms with Crippen molar-refractivity contribution in [2.75, 3.05) is 0 Å². The number of carbonyl (C=O) groups is 1. The van der Waals surface area contributed by atoms with E-state index in [4.69, 9.17) is 4.74 Å². The third kappa shape index (κ3) is 2.30. The second kappa shape index (κ2) is 3.80. The zero-order chi connectivity index (χ0) is 8.97. The molecule has 1 heterocycles. The van der Waals surface area contributed by atoms with Gasteiger partial charge in [0.05, 0.1) is 5.69 Å². The van der Waals surface area contributed by atoms with Crippen LogP contribution in [0.25, 0.3) is 0 Å². The molecule has 0 N–H and O–H groups in total. The molecule has 0 saturated heterocycles. The Morgan fingerprint density at radius 1 is 1.67 bits per heavy atom. The minimum atomic E-state index is -0.305. The minimum Gasteiger partial charge on any atom is -0.456 e. The maximum absolute atomic E-state index is 10.6. The second-order valence-corrected chi connectivity index (χ2v) is 2.39. The summed E-state index contributed by atoms with van der Waals surface area (Å²) in [6.07, 6.45) is 2.74. The van der Waals surface area contributed by atoms with Crippen molar-refractivity contribution in [1.29, 1.82) is 0 Å². The summed E-state index contributed by atoms with van der Waals surface area (Å²) in [5, 5.41) is 0. The van der Waals surface area contributed by atoms with E-state index in [0.29, 0.717) is 5.69 Å². The largest absolute Gasteiger partial charge is 0.456 e. The van der Waals surface area contributed by atoms with E-state index in [2.05, 4.69) is 9.97 Å². The van der Waals surface area contributed by atoms with Crippen LogP contribution in [0.15, 0.2) is 18.6 Å². The molecule has 0 aliphatic heterocycles. The van der Waals surface area contributed by atoms with E-state index < -0.39 is 0 Å². The fourth-order valence-electron chi connectivity index (χ4n) is 0.851. The first-order valence-electron chi connectivity index (χ1n) is 3.63. The summed E-state index contributed by atoms with van der Waals surface area (Å²) in [6.45, 7) is 3.14. The SMILES string of the molecule is CC(=O)OC(C)c1ccncn1. The molecule has 0 aliphatic rings. The molecule has 4 heteroatoms. The molecule has 0 aromatic carbocycles. The monoisotopic (exact) mass is 166 g/mol. The van der Waals surface area contributed by atoms with Crippen molar-refractivity contribution in [3.8, 4) is 0 Å². The fraction of sp³-hybridized carbons (Fsp3) is 0.375. The zero-order valence-electron chi connectivity index (χ0n) is 7.02. The van der Waals surface area contributed by atoms with Gasteiger partial charge in [-0.15, -0.1) is 0 Å². The molecule has 64 valence electrons. The molecule has 0 spiro atoms. The maximum atomic E-state index is 10.6. The van der Waals surface area contributed by atoms with Crippen LogP contribution in [0, 0.1) is 0 Å². The van der Waals surface area contributed by atoms with Crippen LogP contribution in [0.2, 0.25) is 0 Å². The molecule has 1 atom stereocenters. The summed E-state index contributed by atoms with van der Waals surface area (Å²) >= 11 is 0. The van der Waals surface area contributed by atoms with Gasteiger partial charge in [0.1, 0.15) is 12.4 Å². The average Bonchev–Trinajstić information content (AvgIpc) is 2.05. The molecular formula is C8H10N2O2. The van der Waals surface area contributed by atoms with E-state index in [9.17, 15) is 4.79 Å². The Morgan fingerprint density at radius 2 is 2.42 bits per heavy atom. The van der Waals surface area contributed by atoms with Gasteiger partial charge < -0.3 is 4.74 Å². The highest BCUT2D eigenvalue weighted by atomic mass is 16.5. The number of hydrogen-bond acceptors (Lipinski definition) is 4. The van der Waals surface area contributed by atoms with E-state index in [1.165, 1.54) is 13.3 Å². The van der Waals surface area contributed by atoms with Crippen molar-refractivity contribution in [3.05, 3.63) is 24.3 Å². The predicted octanol–water partition coefficient (Wildman–Crippen LogP) is 1.10. The second-order valence-electron chi connectivity index (χ2n) is 2.39. The van der Waals surface area contributed by atoms with Gasteiger partial charge in [0.15, 0.2) is 0 Å². The number of nitrogens with zero attached hydrogens (tertiary/aromatic N) is 2. The Kier molecular flexibility index (Phi) is 2.74. The van der Waals surface area contributed by atoms with Crippen molar-refractivity contribution in [2.24, 2.45) is 0 Å². The van der Waals surface area contributed by atoms with Crippen molar-refractivity contribution in [3.63, 3.8) is 0 Å². The molecule has 0 fully saturated rings. The lowest BCUT2D eigenvalue weighted by molar-refractivity contribution is -0.145. The highest BCUT2D eigenvalue weighted by Crippen LogP contribution is 2.11. The Morgan fingerprint density at radius 3 is 2.92 bits per heavy atom. The Bertz CT molecular complexity index is 261. The first kappa shape index (κ1) is 8.64. The Hall–Kier alpha value is -1.45. The molecule has 0 saturated carbocycles. The zero-order valence-corrected chi connectivity index (χ0v) is 7.02. The Balaban J connectivity index is 2.65. The first-order valence-corrected chi connectivity index (χ1v) is 3.63. The van der Waals surface area contributed by atoms with Crippen LogP contribution in [0.5, 0.6) is 0 Å². The number of carbonyl (C=O) groups excluding carboxylic acids is 1. The van der Waals surface area contributed by atoms with Gasteiger partial charge in [-0.25, -0.2) is 9.97 Å². The predicted molar refractivity (Wildman–Crippen MR) is 42.2 cm³/mol. The van der Waals surface area contributed by atoms with Gasteiger partial charge in [0.2, 0.25) is 0 Å². The molecule has 0 radical (unpaired) electrons. The molecule has 4 nitrogen and oxygen atoms in total. The molecule has 0 aliphatic carbocycles. The lowest BCUT2D eigenvalue weighted by Gasteiger charge is -2.09. The van der Waals surface area contributed by atoms with Crippen LogP contribution in [0.4, 0.5) is 0 Å². The van der Waals surface area contributed by atoms with Crippen LogP contribution in [0.1, 0.15) is 25.6 Å². The van der Waals surface area contributed by atoms with Crippen LogP contribution in [0.3, 0.4) is 0 Å². The topological polar surface area (TPSA) is 52.1 Å². The summed E-state index contributed by atoms with van der Waals surface area (Å²) in [6, 6.07) is 1.72. The third-order valence-corrected chi connectivity index (χ3v) is 1.36. The van der Waals surface area contributed by atoms with E-state index in [1.54, 1.807) is 19.2 Å². The van der Waals surface area contributed by atoms with E-state index in [-0.39, 0.29) is 12.1 Å². The number of ether oxygens (including phenoxy) is 1. The fourth-order valence-corrected chi connectivity index (χ4v) is 0.851. The molecule has 12 heavy (non-hydrogen) atoms. The molecule has 0 bridgehead atoms. The quantitative estimate of drug-likeness (QED) is 0.617. The molecule has 1 rings (SSSR count). The standard InChI is InChI=1S/C8H10N2O2/c1-6(12-7(2)11)8-3-4-9-5-10-8/h3-6H,1-2H3. The van der Waals surface area contributed by atoms with Crippen molar-refractivity contribution in [2.45, 2.75) is 20.0 Å². The summed E-state index contributed by atoms with van der Waals surface area (Å²) in [5.41, 5.74) is 0.709. The highest BCUT2D eigenvalue weighted by Gasteiger charge is 2.08. The summed E-state index contributed by atoms with van der Waals surface area (Å²) in [4.78, 5) is 18.3. The molecule has 1 aromatic rings. The van der Waals surface area contributed by atoms with E-state index in [0.717, 1.165) is 0 Å². The van der Waals surface area contributed by atoms with E-state index >= 15 is 0 Å². The van der Waals surface area contributed by atoms with Gasteiger partial charge in [-0.3, -0.25) is 4.79 Å². The van der Waals surface area contributed by atoms with Gasteiger partial charge in [-0.05, 0) is 13.0 Å².